The molecular weight excluding hydrogens is 534 g/mol. The zero-order chi connectivity index (χ0) is 22.7. The molecule has 1 aromatic heterocycles. The zero-order valence-electron chi connectivity index (χ0n) is 17.6. The molecule has 0 spiro atoms. The van der Waals surface area contributed by atoms with Gasteiger partial charge in [0.1, 0.15) is 5.75 Å². The molecule has 0 aliphatic carbocycles. The largest absolute Gasteiger partial charge is 0.496 e. The Labute approximate surface area is 203 Å². The fourth-order valence-corrected chi connectivity index (χ4v) is 4.30. The molecule has 0 aliphatic heterocycles. The molecule has 1 heterocycles. The number of carbonyl (C=O) groups is 1. The highest BCUT2D eigenvalue weighted by atomic mass is 79.9. The van der Waals surface area contributed by atoms with E-state index in [-0.39, 0.29) is 5.91 Å². The standard InChI is InChI=1S/C25H21Br2N3O2/c1-16-22(14-28-29-25(31)21-13-19(27)11-12-24(21)32-2)20-5-3-4-6-23(20)30(16)15-17-7-9-18(26)10-8-17/h3-14H,15H2,1-2H3,(H,29,31)/b28-14-. The highest BCUT2D eigenvalue weighted by Crippen LogP contribution is 2.26. The van der Waals surface area contributed by atoms with Gasteiger partial charge in [-0.2, -0.15) is 5.10 Å². The molecule has 0 saturated heterocycles. The van der Waals surface area contributed by atoms with E-state index in [0.717, 1.165) is 37.7 Å². The van der Waals surface area contributed by atoms with Crippen molar-refractivity contribution in [1.82, 2.24) is 9.99 Å². The van der Waals surface area contributed by atoms with Crippen LogP contribution in [0.3, 0.4) is 0 Å². The second-order valence-corrected chi connectivity index (χ2v) is 9.10. The summed E-state index contributed by atoms with van der Waals surface area (Å²) in [7, 11) is 1.53. The molecule has 7 heteroatoms. The maximum absolute atomic E-state index is 12.7. The number of methoxy groups -OCH3 is 1. The van der Waals surface area contributed by atoms with E-state index in [9.17, 15) is 4.79 Å². The molecule has 3 aromatic carbocycles. The Kier molecular flexibility index (Phi) is 6.77. The van der Waals surface area contributed by atoms with Crippen LogP contribution >= 0.6 is 31.9 Å². The molecule has 0 radical (unpaired) electrons. The average molecular weight is 555 g/mol. The minimum Gasteiger partial charge on any atom is -0.496 e. The van der Waals surface area contributed by atoms with Crippen LogP contribution in [-0.4, -0.2) is 23.8 Å². The minimum absolute atomic E-state index is 0.337. The Morgan fingerprint density at radius 3 is 2.53 bits per heavy atom. The van der Waals surface area contributed by atoms with Crippen molar-refractivity contribution >= 4 is 54.9 Å². The minimum atomic E-state index is -0.337. The van der Waals surface area contributed by atoms with Crippen molar-refractivity contribution in [1.29, 1.82) is 0 Å². The molecule has 0 atom stereocenters. The molecule has 4 aromatic rings. The van der Waals surface area contributed by atoms with Crippen molar-refractivity contribution in [2.24, 2.45) is 5.10 Å². The lowest BCUT2D eigenvalue weighted by molar-refractivity contribution is 0.0952. The fourth-order valence-electron chi connectivity index (χ4n) is 3.67. The van der Waals surface area contributed by atoms with Gasteiger partial charge in [0.05, 0.1) is 18.9 Å². The van der Waals surface area contributed by atoms with Gasteiger partial charge in [0, 0.05) is 37.7 Å². The van der Waals surface area contributed by atoms with Gasteiger partial charge in [0.2, 0.25) is 0 Å². The van der Waals surface area contributed by atoms with Crippen LogP contribution in [0.25, 0.3) is 10.9 Å². The summed E-state index contributed by atoms with van der Waals surface area (Å²) >= 11 is 6.88. The van der Waals surface area contributed by atoms with E-state index in [2.05, 4.69) is 78.1 Å². The van der Waals surface area contributed by atoms with Gasteiger partial charge in [-0.3, -0.25) is 4.79 Å². The summed E-state index contributed by atoms with van der Waals surface area (Å²) in [5, 5.41) is 5.33. The third kappa shape index (κ3) is 4.64. The molecule has 1 amide bonds. The number of carbonyl (C=O) groups excluding carboxylic acids is 1. The van der Waals surface area contributed by atoms with Crippen LogP contribution in [0.1, 0.15) is 27.2 Å². The molecule has 1 N–H and O–H groups in total. The van der Waals surface area contributed by atoms with Gasteiger partial charge in [-0.25, -0.2) is 5.43 Å². The van der Waals surface area contributed by atoms with Crippen molar-refractivity contribution in [3.05, 3.63) is 98.1 Å². The first kappa shape index (κ1) is 22.3. The van der Waals surface area contributed by atoms with E-state index in [1.54, 1.807) is 18.3 Å². The fraction of sp³-hybridized carbons (Fsp3) is 0.120. The number of rotatable bonds is 6. The number of hydrogen-bond acceptors (Lipinski definition) is 3. The number of nitrogens with zero attached hydrogens (tertiary/aromatic N) is 2. The Bertz CT molecular complexity index is 1310. The summed E-state index contributed by atoms with van der Waals surface area (Å²) in [6.07, 6.45) is 1.71. The van der Waals surface area contributed by atoms with Crippen molar-refractivity contribution < 1.29 is 9.53 Å². The van der Waals surface area contributed by atoms with E-state index in [1.807, 2.05) is 30.3 Å². The molecule has 0 fully saturated rings. The third-order valence-electron chi connectivity index (χ3n) is 5.30. The smallest absolute Gasteiger partial charge is 0.275 e. The lowest BCUT2D eigenvalue weighted by atomic mass is 10.1. The molecule has 0 bridgehead atoms. The molecule has 162 valence electrons. The highest BCUT2D eigenvalue weighted by molar-refractivity contribution is 9.10. The van der Waals surface area contributed by atoms with E-state index in [4.69, 9.17) is 4.74 Å². The summed E-state index contributed by atoms with van der Waals surface area (Å²) in [5.74, 6) is 0.152. The summed E-state index contributed by atoms with van der Waals surface area (Å²) in [6.45, 7) is 2.81. The predicted molar refractivity (Wildman–Crippen MR) is 136 cm³/mol. The maximum atomic E-state index is 12.7. The van der Waals surface area contributed by atoms with Gasteiger partial charge >= 0.3 is 0 Å². The number of hydrazone groups is 1. The Morgan fingerprint density at radius 1 is 1.06 bits per heavy atom. The van der Waals surface area contributed by atoms with Crippen LogP contribution in [0, 0.1) is 6.92 Å². The maximum Gasteiger partial charge on any atom is 0.275 e. The lowest BCUT2D eigenvalue weighted by Crippen LogP contribution is -2.18. The van der Waals surface area contributed by atoms with Gasteiger partial charge < -0.3 is 9.30 Å². The number of para-hydroxylation sites is 1. The zero-order valence-corrected chi connectivity index (χ0v) is 20.8. The second-order valence-electron chi connectivity index (χ2n) is 7.27. The third-order valence-corrected chi connectivity index (χ3v) is 6.32. The number of hydrogen-bond donors (Lipinski definition) is 1. The van der Waals surface area contributed by atoms with Crippen LogP contribution in [0.2, 0.25) is 0 Å². The van der Waals surface area contributed by atoms with Crippen molar-refractivity contribution in [2.75, 3.05) is 7.11 Å². The van der Waals surface area contributed by atoms with E-state index in [1.165, 1.54) is 12.7 Å². The number of ether oxygens (including phenoxy) is 1. The molecule has 4 rings (SSSR count). The van der Waals surface area contributed by atoms with E-state index < -0.39 is 0 Å². The normalized spacial score (nSPS) is 11.2. The number of benzene rings is 3. The van der Waals surface area contributed by atoms with E-state index >= 15 is 0 Å². The first-order chi connectivity index (χ1) is 15.5. The van der Waals surface area contributed by atoms with Crippen molar-refractivity contribution in [2.45, 2.75) is 13.5 Å². The Hall–Kier alpha value is -2.90. The molecule has 0 aliphatic rings. The number of aromatic nitrogens is 1. The summed E-state index contributed by atoms with van der Waals surface area (Å²) in [6, 6.07) is 21.8. The molecule has 0 saturated carbocycles. The van der Waals surface area contributed by atoms with Gasteiger partial charge in [-0.05, 0) is 48.9 Å². The van der Waals surface area contributed by atoms with Crippen LogP contribution in [0.15, 0.2) is 80.8 Å². The van der Waals surface area contributed by atoms with Gasteiger partial charge in [0.25, 0.3) is 5.91 Å². The quantitative estimate of drug-likeness (QED) is 0.225. The van der Waals surface area contributed by atoms with E-state index in [0.29, 0.717) is 11.3 Å². The Balaban J connectivity index is 1.63. The molecule has 0 unspecified atom stereocenters. The van der Waals surface area contributed by atoms with Crippen molar-refractivity contribution in [3.63, 3.8) is 0 Å². The predicted octanol–water partition coefficient (Wildman–Crippen LogP) is 6.30. The van der Waals surface area contributed by atoms with Gasteiger partial charge in [0.15, 0.2) is 0 Å². The number of amides is 1. The first-order valence-electron chi connectivity index (χ1n) is 9.97. The van der Waals surface area contributed by atoms with Crippen LogP contribution in [0.5, 0.6) is 5.75 Å². The number of fused-ring (bicyclic) bond motifs is 1. The van der Waals surface area contributed by atoms with Gasteiger partial charge in [-0.15, -0.1) is 0 Å². The van der Waals surface area contributed by atoms with Gasteiger partial charge in [-0.1, -0.05) is 62.2 Å². The average Bonchev–Trinajstić information content (AvgIpc) is 3.06. The molecular formula is C25H21Br2N3O2. The SMILES string of the molecule is COc1ccc(Br)cc1C(=O)N/N=C\c1c(C)n(Cc2ccc(Br)cc2)c2ccccc12. The molecule has 5 nitrogen and oxygen atoms in total. The van der Waals surface area contributed by atoms with Crippen LogP contribution in [-0.2, 0) is 6.54 Å². The topological polar surface area (TPSA) is 55.6 Å². The summed E-state index contributed by atoms with van der Waals surface area (Å²) in [5.41, 5.74) is 7.40. The lowest BCUT2D eigenvalue weighted by Gasteiger charge is -2.09. The first-order valence-corrected chi connectivity index (χ1v) is 11.6. The highest BCUT2D eigenvalue weighted by Gasteiger charge is 2.14. The monoisotopic (exact) mass is 553 g/mol. The summed E-state index contributed by atoms with van der Waals surface area (Å²) < 4.78 is 9.40. The number of halogens is 2. The molecule has 32 heavy (non-hydrogen) atoms. The van der Waals surface area contributed by atoms with Crippen LogP contribution in [0.4, 0.5) is 0 Å². The van der Waals surface area contributed by atoms with Crippen molar-refractivity contribution in [3.8, 4) is 5.75 Å². The second kappa shape index (κ2) is 9.71. The number of nitrogens with one attached hydrogen (secondary N) is 1. The van der Waals surface area contributed by atoms with Crippen LogP contribution < -0.4 is 10.2 Å². The Morgan fingerprint density at radius 2 is 1.78 bits per heavy atom. The summed E-state index contributed by atoms with van der Waals surface area (Å²) in [4.78, 5) is 12.7.